The van der Waals surface area contributed by atoms with Crippen LogP contribution in [0.3, 0.4) is 0 Å². The Kier molecular flexibility index (Phi) is 4.77. The number of nitrogens with one attached hydrogen (secondary N) is 1. The van der Waals surface area contributed by atoms with Gasteiger partial charge < -0.3 is 10.1 Å². The zero-order valence-electron chi connectivity index (χ0n) is 11.2. The molecule has 21 heavy (non-hydrogen) atoms. The molecule has 1 N–H and O–H groups in total. The summed E-state index contributed by atoms with van der Waals surface area (Å²) in [5.41, 5.74) is 0.632. The summed E-state index contributed by atoms with van der Waals surface area (Å²) in [7, 11) is 1.57. The molecule has 2 nitrogen and oxygen atoms in total. The highest BCUT2D eigenvalue weighted by atomic mass is 79.9. The molecule has 2 aromatic carbocycles. The first kappa shape index (κ1) is 15.7. The van der Waals surface area contributed by atoms with Crippen LogP contribution < -0.4 is 10.1 Å². The van der Waals surface area contributed by atoms with Gasteiger partial charge in [-0.05, 0) is 35.9 Å². The first-order valence-electron chi connectivity index (χ1n) is 6.13. The first-order chi connectivity index (χ1) is 9.88. The highest BCUT2D eigenvalue weighted by molar-refractivity contribution is 9.10. The molecule has 2 rings (SSSR count). The van der Waals surface area contributed by atoms with Gasteiger partial charge in [-0.15, -0.1) is 0 Å². The van der Waals surface area contributed by atoms with Crippen molar-refractivity contribution in [1.82, 2.24) is 0 Å². The van der Waals surface area contributed by atoms with Gasteiger partial charge >= 0.3 is 6.18 Å². The average molecular weight is 360 g/mol. The van der Waals surface area contributed by atoms with Gasteiger partial charge in [0.05, 0.1) is 12.7 Å². The van der Waals surface area contributed by atoms with Gasteiger partial charge in [-0.25, -0.2) is 0 Å². The SMILES string of the molecule is COc1cccc(CNc2cc(Br)cc(C(F)(F)F)c2)c1. The van der Waals surface area contributed by atoms with Crippen LogP contribution in [0.15, 0.2) is 46.9 Å². The Labute approximate surface area is 129 Å². The largest absolute Gasteiger partial charge is 0.497 e. The normalized spacial score (nSPS) is 11.3. The summed E-state index contributed by atoms with van der Waals surface area (Å²) in [5.74, 6) is 0.708. The summed E-state index contributed by atoms with van der Waals surface area (Å²) in [6.07, 6.45) is -4.36. The Balaban J connectivity index is 2.14. The molecule has 6 heteroatoms. The van der Waals surface area contributed by atoms with Crippen molar-refractivity contribution in [3.63, 3.8) is 0 Å². The predicted molar refractivity (Wildman–Crippen MR) is 79.5 cm³/mol. The van der Waals surface area contributed by atoms with Crippen molar-refractivity contribution in [3.8, 4) is 5.75 Å². The summed E-state index contributed by atoms with van der Waals surface area (Å²) in [4.78, 5) is 0. The maximum atomic E-state index is 12.7. The molecule has 0 spiro atoms. The molecule has 0 radical (unpaired) electrons. The second-order valence-corrected chi connectivity index (χ2v) is 5.35. The number of benzene rings is 2. The predicted octanol–water partition coefficient (Wildman–Crippen LogP) is 5.09. The Morgan fingerprint density at radius 1 is 1.14 bits per heavy atom. The zero-order chi connectivity index (χ0) is 15.5. The van der Waals surface area contributed by atoms with E-state index in [1.165, 1.54) is 0 Å². The lowest BCUT2D eigenvalue weighted by atomic mass is 10.1. The smallest absolute Gasteiger partial charge is 0.416 e. The molecular formula is C15H13BrF3NO. The number of rotatable bonds is 4. The molecule has 0 aliphatic heterocycles. The minimum absolute atomic E-state index is 0.380. The van der Waals surface area contributed by atoms with Gasteiger partial charge in [0.1, 0.15) is 5.75 Å². The molecule has 0 saturated heterocycles. The van der Waals surface area contributed by atoms with Crippen LogP contribution >= 0.6 is 15.9 Å². The molecule has 0 bridgehead atoms. The lowest BCUT2D eigenvalue weighted by Gasteiger charge is -2.12. The molecule has 0 aliphatic carbocycles. The van der Waals surface area contributed by atoms with E-state index in [9.17, 15) is 13.2 Å². The number of alkyl halides is 3. The molecule has 112 valence electrons. The molecular weight excluding hydrogens is 347 g/mol. The van der Waals surface area contributed by atoms with Crippen molar-refractivity contribution < 1.29 is 17.9 Å². The van der Waals surface area contributed by atoms with Crippen molar-refractivity contribution in [3.05, 3.63) is 58.1 Å². The topological polar surface area (TPSA) is 21.3 Å². The number of ether oxygens (including phenoxy) is 1. The Hall–Kier alpha value is -1.69. The fraction of sp³-hybridized carbons (Fsp3) is 0.200. The van der Waals surface area contributed by atoms with Gasteiger partial charge in [0.25, 0.3) is 0 Å². The fourth-order valence-corrected chi connectivity index (χ4v) is 2.34. The standard InChI is InChI=1S/C15H13BrF3NO/c1-21-14-4-2-3-10(5-14)9-20-13-7-11(15(17,18)19)6-12(16)8-13/h2-8,20H,9H2,1H3. The van der Waals surface area contributed by atoms with Gasteiger partial charge in [-0.3, -0.25) is 0 Å². The van der Waals surface area contributed by atoms with Crippen molar-refractivity contribution in [2.75, 3.05) is 12.4 Å². The molecule has 0 aromatic heterocycles. The third kappa shape index (κ3) is 4.39. The monoisotopic (exact) mass is 359 g/mol. The molecule has 0 amide bonds. The molecule has 2 aromatic rings. The van der Waals surface area contributed by atoms with Crippen molar-refractivity contribution in [1.29, 1.82) is 0 Å². The molecule has 0 heterocycles. The van der Waals surface area contributed by atoms with E-state index in [4.69, 9.17) is 4.74 Å². The average Bonchev–Trinajstić information content (AvgIpc) is 2.44. The van der Waals surface area contributed by atoms with Crippen molar-refractivity contribution in [2.45, 2.75) is 12.7 Å². The highest BCUT2D eigenvalue weighted by Crippen LogP contribution is 2.33. The molecule has 0 atom stereocenters. The molecule has 0 aliphatic rings. The number of methoxy groups -OCH3 is 1. The molecule has 0 saturated carbocycles. The van der Waals surface area contributed by atoms with E-state index in [2.05, 4.69) is 21.2 Å². The van der Waals surface area contributed by atoms with E-state index in [-0.39, 0.29) is 0 Å². The lowest BCUT2D eigenvalue weighted by molar-refractivity contribution is -0.137. The van der Waals surface area contributed by atoms with E-state index >= 15 is 0 Å². The van der Waals surface area contributed by atoms with Gasteiger partial charge in [0.15, 0.2) is 0 Å². The number of hydrogen-bond donors (Lipinski definition) is 1. The maximum absolute atomic E-state index is 12.7. The third-order valence-electron chi connectivity index (χ3n) is 2.86. The number of halogens is 4. The minimum Gasteiger partial charge on any atom is -0.497 e. The Morgan fingerprint density at radius 2 is 1.90 bits per heavy atom. The van der Waals surface area contributed by atoms with Crippen molar-refractivity contribution >= 4 is 21.6 Å². The zero-order valence-corrected chi connectivity index (χ0v) is 12.8. The van der Waals surface area contributed by atoms with Crippen LogP contribution in [0.4, 0.5) is 18.9 Å². The van der Waals surface area contributed by atoms with Gasteiger partial charge in [-0.1, -0.05) is 28.1 Å². The number of anilines is 1. The summed E-state index contributed by atoms with van der Waals surface area (Å²) < 4.78 is 43.7. The van der Waals surface area contributed by atoms with Crippen LogP contribution in [-0.4, -0.2) is 7.11 Å². The summed E-state index contributed by atoms with van der Waals surface area (Å²) >= 11 is 3.09. The van der Waals surface area contributed by atoms with E-state index in [1.54, 1.807) is 13.2 Å². The van der Waals surface area contributed by atoms with E-state index in [1.807, 2.05) is 24.3 Å². The Bertz CT molecular complexity index is 629. The van der Waals surface area contributed by atoms with Crippen molar-refractivity contribution in [2.24, 2.45) is 0 Å². The van der Waals surface area contributed by atoms with E-state index < -0.39 is 11.7 Å². The quantitative estimate of drug-likeness (QED) is 0.820. The van der Waals surface area contributed by atoms with Crippen LogP contribution in [0.5, 0.6) is 5.75 Å². The highest BCUT2D eigenvalue weighted by Gasteiger charge is 2.31. The molecule has 0 unspecified atom stereocenters. The summed E-state index contributed by atoms with van der Waals surface area (Å²) in [6, 6.07) is 11.1. The second kappa shape index (κ2) is 6.39. The maximum Gasteiger partial charge on any atom is 0.416 e. The fourth-order valence-electron chi connectivity index (χ4n) is 1.84. The number of hydrogen-bond acceptors (Lipinski definition) is 2. The van der Waals surface area contributed by atoms with Crippen LogP contribution in [0.2, 0.25) is 0 Å². The van der Waals surface area contributed by atoms with E-state index in [0.717, 1.165) is 17.7 Å². The van der Waals surface area contributed by atoms with Crippen LogP contribution in [0.25, 0.3) is 0 Å². The van der Waals surface area contributed by atoms with E-state index in [0.29, 0.717) is 22.5 Å². The summed E-state index contributed by atoms with van der Waals surface area (Å²) in [6.45, 7) is 0.408. The van der Waals surface area contributed by atoms with Crippen LogP contribution in [0, 0.1) is 0 Å². The van der Waals surface area contributed by atoms with Gasteiger partial charge in [0.2, 0.25) is 0 Å². The van der Waals surface area contributed by atoms with Gasteiger partial charge in [-0.2, -0.15) is 13.2 Å². The first-order valence-corrected chi connectivity index (χ1v) is 6.92. The third-order valence-corrected chi connectivity index (χ3v) is 3.31. The minimum atomic E-state index is -4.36. The summed E-state index contributed by atoms with van der Waals surface area (Å²) in [5, 5.41) is 2.98. The molecule has 0 fully saturated rings. The lowest BCUT2D eigenvalue weighted by Crippen LogP contribution is -2.07. The second-order valence-electron chi connectivity index (χ2n) is 4.43. The van der Waals surface area contributed by atoms with Gasteiger partial charge in [0, 0.05) is 16.7 Å². The van der Waals surface area contributed by atoms with Crippen LogP contribution in [-0.2, 0) is 12.7 Å². The Morgan fingerprint density at radius 3 is 2.57 bits per heavy atom. The van der Waals surface area contributed by atoms with Crippen LogP contribution in [0.1, 0.15) is 11.1 Å².